The van der Waals surface area contributed by atoms with E-state index in [1.807, 2.05) is 19.1 Å². The standard InChI is InChI=1S/C10H13N3O/c1-6-3-7-8(4-9(6)14-2)13-10(5-11)12-7/h3-4H,5,11H2,1-2H3,(H,12,13). The van der Waals surface area contributed by atoms with Gasteiger partial charge in [-0.2, -0.15) is 0 Å². The first kappa shape index (κ1) is 9.02. The zero-order valence-corrected chi connectivity index (χ0v) is 8.29. The molecule has 0 radical (unpaired) electrons. The second-order valence-corrected chi connectivity index (χ2v) is 3.23. The van der Waals surface area contributed by atoms with E-state index in [9.17, 15) is 0 Å². The maximum absolute atomic E-state index is 5.50. The Labute approximate surface area is 82.1 Å². The summed E-state index contributed by atoms with van der Waals surface area (Å²) in [6.07, 6.45) is 0. The summed E-state index contributed by atoms with van der Waals surface area (Å²) in [7, 11) is 1.66. The summed E-state index contributed by atoms with van der Waals surface area (Å²) in [6, 6.07) is 3.93. The monoisotopic (exact) mass is 191 g/mol. The van der Waals surface area contributed by atoms with Crippen LogP contribution in [-0.2, 0) is 6.54 Å². The van der Waals surface area contributed by atoms with Crippen LogP contribution in [0.25, 0.3) is 11.0 Å². The molecule has 74 valence electrons. The minimum Gasteiger partial charge on any atom is -0.496 e. The fraction of sp³-hybridized carbons (Fsp3) is 0.300. The Morgan fingerprint density at radius 3 is 2.93 bits per heavy atom. The Kier molecular flexibility index (Phi) is 2.13. The number of nitrogens with one attached hydrogen (secondary N) is 1. The smallest absolute Gasteiger partial charge is 0.124 e. The van der Waals surface area contributed by atoms with E-state index < -0.39 is 0 Å². The largest absolute Gasteiger partial charge is 0.496 e. The fourth-order valence-corrected chi connectivity index (χ4v) is 1.52. The molecule has 14 heavy (non-hydrogen) atoms. The van der Waals surface area contributed by atoms with Gasteiger partial charge in [-0.05, 0) is 18.6 Å². The number of benzene rings is 1. The number of ether oxygens (including phenoxy) is 1. The molecule has 0 bridgehead atoms. The van der Waals surface area contributed by atoms with Crippen LogP contribution in [0, 0.1) is 6.92 Å². The van der Waals surface area contributed by atoms with Crippen LogP contribution < -0.4 is 10.5 Å². The molecule has 0 aliphatic carbocycles. The van der Waals surface area contributed by atoms with E-state index in [-0.39, 0.29) is 0 Å². The minimum absolute atomic E-state index is 0.427. The molecule has 4 nitrogen and oxygen atoms in total. The number of methoxy groups -OCH3 is 1. The molecule has 0 aliphatic heterocycles. The van der Waals surface area contributed by atoms with Crippen molar-refractivity contribution in [2.75, 3.05) is 7.11 Å². The van der Waals surface area contributed by atoms with Crippen molar-refractivity contribution in [1.29, 1.82) is 0 Å². The van der Waals surface area contributed by atoms with E-state index in [2.05, 4.69) is 9.97 Å². The Morgan fingerprint density at radius 2 is 2.29 bits per heavy atom. The number of imidazole rings is 1. The first-order chi connectivity index (χ1) is 6.74. The highest BCUT2D eigenvalue weighted by molar-refractivity contribution is 5.78. The van der Waals surface area contributed by atoms with Gasteiger partial charge < -0.3 is 15.5 Å². The highest BCUT2D eigenvalue weighted by atomic mass is 16.5. The predicted molar refractivity (Wildman–Crippen MR) is 55.3 cm³/mol. The molecule has 1 aromatic heterocycles. The van der Waals surface area contributed by atoms with Crippen LogP contribution in [0.4, 0.5) is 0 Å². The summed E-state index contributed by atoms with van der Waals surface area (Å²) in [5, 5.41) is 0. The molecule has 0 atom stereocenters. The molecule has 0 fully saturated rings. The minimum atomic E-state index is 0.427. The molecule has 3 N–H and O–H groups in total. The first-order valence-corrected chi connectivity index (χ1v) is 4.48. The van der Waals surface area contributed by atoms with Gasteiger partial charge in [0.05, 0.1) is 24.7 Å². The number of rotatable bonds is 2. The topological polar surface area (TPSA) is 63.9 Å². The van der Waals surface area contributed by atoms with Crippen molar-refractivity contribution >= 4 is 11.0 Å². The van der Waals surface area contributed by atoms with Gasteiger partial charge in [-0.1, -0.05) is 0 Å². The average Bonchev–Trinajstić information content (AvgIpc) is 2.58. The Bertz CT molecular complexity index is 462. The van der Waals surface area contributed by atoms with Crippen molar-refractivity contribution in [3.8, 4) is 5.75 Å². The van der Waals surface area contributed by atoms with E-state index in [1.54, 1.807) is 7.11 Å². The number of aryl methyl sites for hydroxylation is 1. The summed E-state index contributed by atoms with van der Waals surface area (Å²) in [6.45, 7) is 2.43. The SMILES string of the molecule is COc1cc2nc(CN)[nH]c2cc1C. The third kappa shape index (κ3) is 1.33. The number of hydrogen-bond acceptors (Lipinski definition) is 3. The van der Waals surface area contributed by atoms with Gasteiger partial charge in [-0.25, -0.2) is 4.98 Å². The molecule has 0 saturated carbocycles. The molecule has 0 saturated heterocycles. The van der Waals surface area contributed by atoms with E-state index in [0.29, 0.717) is 6.54 Å². The van der Waals surface area contributed by atoms with Crippen molar-refractivity contribution in [3.63, 3.8) is 0 Å². The third-order valence-electron chi connectivity index (χ3n) is 2.24. The molecule has 0 spiro atoms. The molecule has 2 aromatic rings. The molecule has 0 amide bonds. The van der Waals surface area contributed by atoms with E-state index in [0.717, 1.165) is 28.2 Å². The van der Waals surface area contributed by atoms with Crippen LogP contribution >= 0.6 is 0 Å². The number of H-pyrrole nitrogens is 1. The number of fused-ring (bicyclic) bond motifs is 1. The fourth-order valence-electron chi connectivity index (χ4n) is 1.52. The van der Waals surface area contributed by atoms with Gasteiger partial charge in [0.25, 0.3) is 0 Å². The quantitative estimate of drug-likeness (QED) is 0.752. The molecular formula is C10H13N3O. The summed E-state index contributed by atoms with van der Waals surface area (Å²) < 4.78 is 5.21. The lowest BCUT2D eigenvalue weighted by Crippen LogP contribution is -1.97. The lowest BCUT2D eigenvalue weighted by molar-refractivity contribution is 0.412. The maximum atomic E-state index is 5.50. The number of nitrogens with zero attached hydrogens (tertiary/aromatic N) is 1. The predicted octanol–water partition coefficient (Wildman–Crippen LogP) is 1.34. The Hall–Kier alpha value is -1.55. The van der Waals surface area contributed by atoms with Gasteiger partial charge in [0.2, 0.25) is 0 Å². The van der Waals surface area contributed by atoms with Gasteiger partial charge >= 0.3 is 0 Å². The average molecular weight is 191 g/mol. The molecule has 1 heterocycles. The van der Waals surface area contributed by atoms with Gasteiger partial charge in [-0.3, -0.25) is 0 Å². The molecule has 0 aliphatic rings. The molecule has 1 aromatic carbocycles. The maximum Gasteiger partial charge on any atom is 0.124 e. The molecular weight excluding hydrogens is 178 g/mol. The van der Waals surface area contributed by atoms with Crippen LogP contribution in [0.5, 0.6) is 5.75 Å². The first-order valence-electron chi connectivity index (χ1n) is 4.48. The van der Waals surface area contributed by atoms with E-state index >= 15 is 0 Å². The Balaban J connectivity index is 2.64. The van der Waals surface area contributed by atoms with Crippen LogP contribution in [-0.4, -0.2) is 17.1 Å². The van der Waals surface area contributed by atoms with Gasteiger partial charge in [0.1, 0.15) is 11.6 Å². The summed E-state index contributed by atoms with van der Waals surface area (Å²) >= 11 is 0. The Morgan fingerprint density at radius 1 is 1.50 bits per heavy atom. The van der Waals surface area contributed by atoms with Crippen molar-refractivity contribution < 1.29 is 4.74 Å². The number of nitrogens with two attached hydrogens (primary N) is 1. The van der Waals surface area contributed by atoms with Crippen LogP contribution in [0.3, 0.4) is 0 Å². The van der Waals surface area contributed by atoms with Crippen molar-refractivity contribution in [2.24, 2.45) is 5.73 Å². The van der Waals surface area contributed by atoms with Crippen LogP contribution in [0.15, 0.2) is 12.1 Å². The van der Waals surface area contributed by atoms with Crippen molar-refractivity contribution in [1.82, 2.24) is 9.97 Å². The van der Waals surface area contributed by atoms with Gasteiger partial charge in [0.15, 0.2) is 0 Å². The van der Waals surface area contributed by atoms with E-state index in [1.165, 1.54) is 0 Å². The summed E-state index contributed by atoms with van der Waals surface area (Å²) in [5.41, 5.74) is 8.49. The zero-order valence-electron chi connectivity index (χ0n) is 8.29. The van der Waals surface area contributed by atoms with Crippen LogP contribution in [0.2, 0.25) is 0 Å². The van der Waals surface area contributed by atoms with Crippen molar-refractivity contribution in [2.45, 2.75) is 13.5 Å². The molecule has 2 rings (SSSR count). The third-order valence-corrected chi connectivity index (χ3v) is 2.24. The van der Waals surface area contributed by atoms with Crippen LogP contribution in [0.1, 0.15) is 11.4 Å². The summed E-state index contributed by atoms with van der Waals surface area (Å²) in [4.78, 5) is 7.47. The van der Waals surface area contributed by atoms with E-state index in [4.69, 9.17) is 10.5 Å². The highest BCUT2D eigenvalue weighted by Crippen LogP contribution is 2.23. The van der Waals surface area contributed by atoms with Gasteiger partial charge in [-0.15, -0.1) is 0 Å². The number of aromatic nitrogens is 2. The molecule has 0 unspecified atom stereocenters. The zero-order chi connectivity index (χ0) is 10.1. The number of aromatic amines is 1. The number of hydrogen-bond donors (Lipinski definition) is 2. The summed E-state index contributed by atoms with van der Waals surface area (Å²) in [5.74, 6) is 1.65. The lowest BCUT2D eigenvalue weighted by atomic mass is 10.2. The van der Waals surface area contributed by atoms with Crippen molar-refractivity contribution in [3.05, 3.63) is 23.5 Å². The molecule has 4 heteroatoms. The second kappa shape index (κ2) is 3.31. The second-order valence-electron chi connectivity index (χ2n) is 3.23. The van der Waals surface area contributed by atoms with Gasteiger partial charge in [0, 0.05) is 6.07 Å². The highest BCUT2D eigenvalue weighted by Gasteiger charge is 2.05. The lowest BCUT2D eigenvalue weighted by Gasteiger charge is -2.02. The normalized spacial score (nSPS) is 10.8.